The Morgan fingerprint density at radius 2 is 2.33 bits per heavy atom. The molecule has 0 saturated carbocycles. The lowest BCUT2D eigenvalue weighted by Gasteiger charge is -2.22. The second-order valence-corrected chi connectivity index (χ2v) is 4.70. The summed E-state index contributed by atoms with van der Waals surface area (Å²) in [4.78, 5) is 11.6. The van der Waals surface area contributed by atoms with Crippen molar-refractivity contribution in [2.45, 2.75) is 12.8 Å². The Hall–Kier alpha value is -0.870. The third kappa shape index (κ3) is 3.04. The highest BCUT2D eigenvalue weighted by atomic mass is 32.1. The van der Waals surface area contributed by atoms with Crippen LogP contribution >= 0.6 is 11.3 Å². The van der Waals surface area contributed by atoms with Gasteiger partial charge in [-0.05, 0) is 43.3 Å². The number of piperidine rings is 1. The molecule has 82 valence electrons. The number of thiophene rings is 1. The second-order valence-electron chi connectivity index (χ2n) is 3.92. The molecule has 15 heavy (non-hydrogen) atoms. The third-order valence-electron chi connectivity index (χ3n) is 2.79. The van der Waals surface area contributed by atoms with Crippen LogP contribution in [0.25, 0.3) is 0 Å². The lowest BCUT2D eigenvalue weighted by atomic mass is 9.98. The molecule has 0 bridgehead atoms. The molecule has 1 amide bonds. The van der Waals surface area contributed by atoms with Crippen molar-refractivity contribution in [3.63, 3.8) is 0 Å². The minimum Gasteiger partial charge on any atom is -0.352 e. The fourth-order valence-electron chi connectivity index (χ4n) is 1.82. The number of rotatable bonds is 3. The molecule has 4 heteroatoms. The number of hydrogen-bond acceptors (Lipinski definition) is 3. The molecule has 1 aromatic heterocycles. The maximum Gasteiger partial charge on any atom is 0.252 e. The van der Waals surface area contributed by atoms with Crippen LogP contribution < -0.4 is 10.6 Å². The lowest BCUT2D eigenvalue weighted by Crippen LogP contribution is -2.35. The van der Waals surface area contributed by atoms with Crippen LogP contribution in [0, 0.1) is 5.92 Å². The van der Waals surface area contributed by atoms with Crippen molar-refractivity contribution in [3.8, 4) is 0 Å². The maximum atomic E-state index is 11.6. The summed E-state index contributed by atoms with van der Waals surface area (Å²) in [5.74, 6) is 0.712. The smallest absolute Gasteiger partial charge is 0.252 e. The molecule has 3 nitrogen and oxygen atoms in total. The Morgan fingerprint density at radius 3 is 3.00 bits per heavy atom. The largest absolute Gasteiger partial charge is 0.352 e. The van der Waals surface area contributed by atoms with Crippen molar-refractivity contribution in [2.24, 2.45) is 5.92 Å². The number of carbonyl (C=O) groups is 1. The van der Waals surface area contributed by atoms with Crippen molar-refractivity contribution in [2.75, 3.05) is 19.6 Å². The van der Waals surface area contributed by atoms with Gasteiger partial charge in [-0.3, -0.25) is 4.79 Å². The van der Waals surface area contributed by atoms with Gasteiger partial charge in [0, 0.05) is 17.5 Å². The fourth-order valence-corrected chi connectivity index (χ4v) is 2.45. The van der Waals surface area contributed by atoms with Crippen molar-refractivity contribution in [3.05, 3.63) is 22.4 Å². The van der Waals surface area contributed by atoms with Crippen LogP contribution in [0.2, 0.25) is 0 Å². The first-order chi connectivity index (χ1) is 7.36. The van der Waals surface area contributed by atoms with Crippen molar-refractivity contribution < 1.29 is 4.79 Å². The standard InChI is InChI=1S/C11H16N2OS/c14-11(10-3-6-15-8-10)13-7-9-1-4-12-5-2-9/h3,6,8-9,12H,1-2,4-5,7H2,(H,13,14). The zero-order valence-electron chi connectivity index (χ0n) is 8.66. The van der Waals surface area contributed by atoms with E-state index in [-0.39, 0.29) is 5.91 Å². The molecule has 2 rings (SSSR count). The van der Waals surface area contributed by atoms with E-state index in [9.17, 15) is 4.79 Å². The molecule has 0 aliphatic carbocycles. The first-order valence-electron chi connectivity index (χ1n) is 5.37. The van der Waals surface area contributed by atoms with E-state index in [4.69, 9.17) is 0 Å². The molecule has 0 radical (unpaired) electrons. The molecule has 1 aliphatic heterocycles. The average Bonchev–Trinajstić information content (AvgIpc) is 2.81. The normalized spacial score (nSPS) is 17.6. The summed E-state index contributed by atoms with van der Waals surface area (Å²) in [7, 11) is 0. The third-order valence-corrected chi connectivity index (χ3v) is 3.48. The Bertz CT molecular complexity index is 304. The molecule has 0 atom stereocenters. The number of hydrogen-bond donors (Lipinski definition) is 2. The molecule has 1 fully saturated rings. The molecule has 0 unspecified atom stereocenters. The van der Waals surface area contributed by atoms with Gasteiger partial charge in [0.2, 0.25) is 0 Å². The van der Waals surface area contributed by atoms with Gasteiger partial charge < -0.3 is 10.6 Å². The van der Waals surface area contributed by atoms with Crippen LogP contribution in [0.5, 0.6) is 0 Å². The molecule has 2 N–H and O–H groups in total. The van der Waals surface area contributed by atoms with Crippen LogP contribution in [-0.4, -0.2) is 25.5 Å². The van der Waals surface area contributed by atoms with Crippen molar-refractivity contribution in [1.82, 2.24) is 10.6 Å². The molecule has 1 aliphatic rings. The van der Waals surface area contributed by atoms with Gasteiger partial charge in [0.05, 0.1) is 0 Å². The molecule has 1 saturated heterocycles. The SMILES string of the molecule is O=C(NCC1CCNCC1)c1ccsc1. The predicted molar refractivity (Wildman–Crippen MR) is 62.2 cm³/mol. The van der Waals surface area contributed by atoms with Crippen molar-refractivity contribution in [1.29, 1.82) is 0 Å². The van der Waals surface area contributed by atoms with Gasteiger partial charge >= 0.3 is 0 Å². The van der Waals surface area contributed by atoms with Gasteiger partial charge in [0.1, 0.15) is 0 Å². The van der Waals surface area contributed by atoms with Crippen LogP contribution in [0.1, 0.15) is 23.2 Å². The van der Waals surface area contributed by atoms with Gasteiger partial charge in [0.25, 0.3) is 5.91 Å². The summed E-state index contributed by atoms with van der Waals surface area (Å²) in [6, 6.07) is 1.86. The zero-order valence-corrected chi connectivity index (χ0v) is 9.48. The van der Waals surface area contributed by atoms with E-state index >= 15 is 0 Å². The average molecular weight is 224 g/mol. The molecule has 0 spiro atoms. The molecule has 1 aromatic rings. The zero-order chi connectivity index (χ0) is 10.5. The first kappa shape index (κ1) is 10.6. The van der Waals surface area contributed by atoms with Crippen LogP contribution in [0.4, 0.5) is 0 Å². The van der Waals surface area contributed by atoms with Crippen LogP contribution in [0.3, 0.4) is 0 Å². The Morgan fingerprint density at radius 1 is 1.53 bits per heavy atom. The Balaban J connectivity index is 1.75. The molecule has 2 heterocycles. The monoisotopic (exact) mass is 224 g/mol. The summed E-state index contributed by atoms with van der Waals surface area (Å²) >= 11 is 1.56. The highest BCUT2D eigenvalue weighted by molar-refractivity contribution is 7.08. The number of nitrogens with one attached hydrogen (secondary N) is 2. The molecular weight excluding hydrogens is 208 g/mol. The number of amides is 1. The highest BCUT2D eigenvalue weighted by Crippen LogP contribution is 2.11. The summed E-state index contributed by atoms with van der Waals surface area (Å²) in [5.41, 5.74) is 0.786. The minimum atomic E-state index is 0.0646. The van der Waals surface area contributed by atoms with E-state index in [0.29, 0.717) is 5.92 Å². The van der Waals surface area contributed by atoms with Gasteiger partial charge in [-0.2, -0.15) is 11.3 Å². The summed E-state index contributed by atoms with van der Waals surface area (Å²) in [5, 5.41) is 10.1. The maximum absolute atomic E-state index is 11.6. The topological polar surface area (TPSA) is 41.1 Å². The van der Waals surface area contributed by atoms with E-state index in [0.717, 1.165) is 25.2 Å². The number of carbonyl (C=O) groups excluding carboxylic acids is 1. The van der Waals surface area contributed by atoms with Gasteiger partial charge in [0.15, 0.2) is 0 Å². The van der Waals surface area contributed by atoms with E-state index in [2.05, 4.69) is 10.6 Å². The van der Waals surface area contributed by atoms with Gasteiger partial charge in [-0.25, -0.2) is 0 Å². The second kappa shape index (κ2) is 5.28. The van der Waals surface area contributed by atoms with E-state index < -0.39 is 0 Å². The quantitative estimate of drug-likeness (QED) is 0.816. The van der Waals surface area contributed by atoms with E-state index in [1.165, 1.54) is 12.8 Å². The fraction of sp³-hybridized carbons (Fsp3) is 0.545. The minimum absolute atomic E-state index is 0.0646. The van der Waals surface area contributed by atoms with Gasteiger partial charge in [-0.15, -0.1) is 0 Å². The molecule has 0 aromatic carbocycles. The summed E-state index contributed by atoms with van der Waals surface area (Å²) < 4.78 is 0. The van der Waals surface area contributed by atoms with Crippen LogP contribution in [-0.2, 0) is 0 Å². The van der Waals surface area contributed by atoms with E-state index in [1.54, 1.807) is 11.3 Å². The summed E-state index contributed by atoms with van der Waals surface area (Å²) in [6.07, 6.45) is 2.34. The van der Waals surface area contributed by atoms with Gasteiger partial charge in [-0.1, -0.05) is 0 Å². The summed E-state index contributed by atoms with van der Waals surface area (Å²) in [6.45, 7) is 2.98. The first-order valence-corrected chi connectivity index (χ1v) is 6.31. The van der Waals surface area contributed by atoms with Crippen LogP contribution in [0.15, 0.2) is 16.8 Å². The molecular formula is C11H16N2OS. The lowest BCUT2D eigenvalue weighted by molar-refractivity contribution is 0.0944. The van der Waals surface area contributed by atoms with Crippen molar-refractivity contribution >= 4 is 17.2 Å². The Kier molecular flexibility index (Phi) is 3.75. The van der Waals surface area contributed by atoms with E-state index in [1.807, 2.05) is 16.8 Å². The highest BCUT2D eigenvalue weighted by Gasteiger charge is 2.14. The predicted octanol–water partition coefficient (Wildman–Crippen LogP) is 1.48. The Labute approximate surface area is 93.9 Å².